The fourth-order valence-electron chi connectivity index (χ4n) is 1.35. The molecule has 0 radical (unpaired) electrons. The molecule has 84 valence electrons. The number of aromatic nitrogens is 2. The highest BCUT2D eigenvalue weighted by molar-refractivity contribution is 9.10. The van der Waals surface area contributed by atoms with Crippen LogP contribution in [0.25, 0.3) is 0 Å². The minimum Gasteiger partial charge on any atom is -0.378 e. The van der Waals surface area contributed by atoms with Crippen LogP contribution in [0.2, 0.25) is 0 Å². The zero-order valence-corrected chi connectivity index (χ0v) is 10.3. The van der Waals surface area contributed by atoms with E-state index in [9.17, 15) is 4.39 Å². The lowest BCUT2D eigenvalue weighted by Crippen LogP contribution is -2.05. The van der Waals surface area contributed by atoms with Gasteiger partial charge in [-0.1, -0.05) is 0 Å². The Morgan fingerprint density at radius 1 is 1.50 bits per heavy atom. The van der Waals surface area contributed by atoms with Gasteiger partial charge in [0.15, 0.2) is 0 Å². The molecule has 2 rings (SSSR count). The summed E-state index contributed by atoms with van der Waals surface area (Å²) in [7, 11) is 1.94. The lowest BCUT2D eigenvalue weighted by Gasteiger charge is -2.07. The molecule has 0 aliphatic heterocycles. The Labute approximate surface area is 101 Å². The minimum absolute atomic E-state index is 0.262. The summed E-state index contributed by atoms with van der Waals surface area (Å²) in [6.45, 7) is 0.613. The van der Waals surface area contributed by atoms with Crippen molar-refractivity contribution < 1.29 is 4.39 Å². The summed E-state index contributed by atoms with van der Waals surface area (Å²) in [4.78, 5) is 4.19. The number of nitrogens with zero attached hydrogens (tertiary/aromatic N) is 2. The molecule has 0 unspecified atom stereocenters. The van der Waals surface area contributed by atoms with Crippen LogP contribution in [-0.2, 0) is 13.6 Å². The third-order valence-electron chi connectivity index (χ3n) is 2.29. The van der Waals surface area contributed by atoms with Gasteiger partial charge in [-0.2, -0.15) is 0 Å². The van der Waals surface area contributed by atoms with Crippen LogP contribution in [-0.4, -0.2) is 9.55 Å². The van der Waals surface area contributed by atoms with Crippen molar-refractivity contribution in [2.24, 2.45) is 7.05 Å². The van der Waals surface area contributed by atoms with Crippen LogP contribution in [0.4, 0.5) is 10.1 Å². The fourth-order valence-corrected chi connectivity index (χ4v) is 1.73. The zero-order valence-electron chi connectivity index (χ0n) is 8.74. The Bertz CT molecular complexity index is 496. The molecule has 0 spiro atoms. The van der Waals surface area contributed by atoms with E-state index in [1.165, 1.54) is 6.07 Å². The fraction of sp³-hybridized carbons (Fsp3) is 0.182. The molecule has 0 atom stereocenters. The molecule has 2 aromatic rings. The smallest absolute Gasteiger partial charge is 0.137 e. The van der Waals surface area contributed by atoms with Crippen molar-refractivity contribution in [1.82, 2.24) is 9.55 Å². The Morgan fingerprint density at radius 3 is 2.94 bits per heavy atom. The van der Waals surface area contributed by atoms with Gasteiger partial charge in [-0.25, -0.2) is 9.37 Å². The summed E-state index contributed by atoms with van der Waals surface area (Å²) in [5.74, 6) is 0.669. The topological polar surface area (TPSA) is 29.9 Å². The summed E-state index contributed by atoms with van der Waals surface area (Å²) in [5, 5.41) is 3.18. The zero-order chi connectivity index (χ0) is 11.5. The van der Waals surface area contributed by atoms with Gasteiger partial charge in [0.05, 0.1) is 11.0 Å². The van der Waals surface area contributed by atoms with Gasteiger partial charge in [-0.3, -0.25) is 0 Å². The van der Waals surface area contributed by atoms with Crippen LogP contribution in [0, 0.1) is 5.82 Å². The number of anilines is 1. The Morgan fingerprint density at radius 2 is 2.31 bits per heavy atom. The van der Waals surface area contributed by atoms with Crippen LogP contribution in [0.5, 0.6) is 0 Å². The number of aryl methyl sites for hydroxylation is 1. The molecule has 0 amide bonds. The summed E-state index contributed by atoms with van der Waals surface area (Å²) in [5.41, 5.74) is 0.858. The highest BCUT2D eigenvalue weighted by atomic mass is 79.9. The van der Waals surface area contributed by atoms with Gasteiger partial charge in [0.1, 0.15) is 11.6 Å². The Kier molecular flexibility index (Phi) is 3.24. The first kappa shape index (κ1) is 11.1. The molecule has 0 aliphatic carbocycles. The number of hydrogen-bond acceptors (Lipinski definition) is 2. The minimum atomic E-state index is -0.262. The van der Waals surface area contributed by atoms with Crippen molar-refractivity contribution in [3.63, 3.8) is 0 Å². The van der Waals surface area contributed by atoms with Gasteiger partial charge in [0, 0.05) is 25.1 Å². The molecule has 0 bridgehead atoms. The molecule has 0 aliphatic rings. The lowest BCUT2D eigenvalue weighted by atomic mass is 10.3. The van der Waals surface area contributed by atoms with Crippen LogP contribution >= 0.6 is 15.9 Å². The SMILES string of the molecule is Cn1ccnc1CNc1ccc(F)c(Br)c1. The van der Waals surface area contributed by atoms with Crippen LogP contribution in [0.1, 0.15) is 5.82 Å². The van der Waals surface area contributed by atoms with E-state index in [4.69, 9.17) is 0 Å². The number of nitrogens with one attached hydrogen (secondary N) is 1. The maximum atomic E-state index is 13.0. The van der Waals surface area contributed by atoms with Gasteiger partial charge in [0.2, 0.25) is 0 Å². The first-order valence-corrected chi connectivity index (χ1v) is 5.61. The van der Waals surface area contributed by atoms with Crippen molar-refractivity contribution in [3.8, 4) is 0 Å². The van der Waals surface area contributed by atoms with E-state index in [1.54, 1.807) is 18.3 Å². The summed E-state index contributed by atoms with van der Waals surface area (Å²) in [6, 6.07) is 4.83. The molecule has 1 aromatic carbocycles. The maximum absolute atomic E-state index is 13.0. The molecule has 1 N–H and O–H groups in total. The molecule has 1 aromatic heterocycles. The molecular weight excluding hydrogens is 273 g/mol. The van der Waals surface area contributed by atoms with Gasteiger partial charge >= 0.3 is 0 Å². The molecule has 1 heterocycles. The quantitative estimate of drug-likeness (QED) is 0.939. The highest BCUT2D eigenvalue weighted by Crippen LogP contribution is 2.20. The number of rotatable bonds is 3. The summed E-state index contributed by atoms with van der Waals surface area (Å²) >= 11 is 3.14. The van der Waals surface area contributed by atoms with Crippen molar-refractivity contribution in [3.05, 3.63) is 46.7 Å². The molecule has 16 heavy (non-hydrogen) atoms. The average Bonchev–Trinajstić information content (AvgIpc) is 2.66. The van der Waals surface area contributed by atoms with E-state index >= 15 is 0 Å². The third-order valence-corrected chi connectivity index (χ3v) is 2.90. The van der Waals surface area contributed by atoms with E-state index in [2.05, 4.69) is 26.2 Å². The molecule has 0 saturated carbocycles. The van der Waals surface area contributed by atoms with Gasteiger partial charge in [0.25, 0.3) is 0 Å². The largest absolute Gasteiger partial charge is 0.378 e. The number of benzene rings is 1. The Balaban J connectivity index is 2.05. The molecule has 3 nitrogen and oxygen atoms in total. The van der Waals surface area contributed by atoms with E-state index in [0.717, 1.165) is 11.5 Å². The van der Waals surface area contributed by atoms with E-state index in [-0.39, 0.29) is 5.82 Å². The second kappa shape index (κ2) is 4.65. The number of imidazole rings is 1. The van der Waals surface area contributed by atoms with Crippen LogP contribution in [0.15, 0.2) is 35.1 Å². The monoisotopic (exact) mass is 283 g/mol. The third kappa shape index (κ3) is 2.41. The van der Waals surface area contributed by atoms with Crippen molar-refractivity contribution in [1.29, 1.82) is 0 Å². The summed E-state index contributed by atoms with van der Waals surface area (Å²) in [6.07, 6.45) is 3.63. The molecule has 0 saturated heterocycles. The van der Waals surface area contributed by atoms with Crippen molar-refractivity contribution in [2.75, 3.05) is 5.32 Å². The first-order chi connectivity index (χ1) is 7.66. The average molecular weight is 284 g/mol. The van der Waals surface area contributed by atoms with Crippen molar-refractivity contribution in [2.45, 2.75) is 6.54 Å². The maximum Gasteiger partial charge on any atom is 0.137 e. The van der Waals surface area contributed by atoms with Gasteiger partial charge in [-0.15, -0.1) is 0 Å². The van der Waals surface area contributed by atoms with Gasteiger partial charge in [-0.05, 0) is 34.1 Å². The Hall–Kier alpha value is -1.36. The second-order valence-corrected chi connectivity index (χ2v) is 4.29. The highest BCUT2D eigenvalue weighted by Gasteiger charge is 2.02. The first-order valence-electron chi connectivity index (χ1n) is 4.82. The van der Waals surface area contributed by atoms with Crippen LogP contribution < -0.4 is 5.32 Å². The molecule has 0 fully saturated rings. The summed E-state index contributed by atoms with van der Waals surface area (Å²) < 4.78 is 15.4. The van der Waals surface area contributed by atoms with Crippen LogP contribution in [0.3, 0.4) is 0 Å². The van der Waals surface area contributed by atoms with E-state index in [0.29, 0.717) is 11.0 Å². The van der Waals surface area contributed by atoms with Crippen molar-refractivity contribution >= 4 is 21.6 Å². The number of hydrogen-bond donors (Lipinski definition) is 1. The lowest BCUT2D eigenvalue weighted by molar-refractivity contribution is 0.621. The standard InChI is InChI=1S/C11H11BrFN3/c1-16-5-4-14-11(16)7-15-8-2-3-10(13)9(12)6-8/h2-6,15H,7H2,1H3. The second-order valence-electron chi connectivity index (χ2n) is 3.44. The van der Waals surface area contributed by atoms with E-state index < -0.39 is 0 Å². The number of halogens is 2. The predicted molar refractivity (Wildman–Crippen MR) is 64.6 cm³/mol. The van der Waals surface area contributed by atoms with Gasteiger partial charge < -0.3 is 9.88 Å². The molecular formula is C11H11BrFN3. The van der Waals surface area contributed by atoms with E-state index in [1.807, 2.05) is 17.8 Å². The normalized spacial score (nSPS) is 10.4. The molecule has 5 heteroatoms. The predicted octanol–water partition coefficient (Wildman–Crippen LogP) is 2.93.